The topological polar surface area (TPSA) is 81.9 Å². The zero-order chi connectivity index (χ0) is 17.8. The molecule has 1 aromatic carbocycles. The van der Waals surface area contributed by atoms with Crippen LogP contribution in [0.3, 0.4) is 0 Å². The molecule has 0 bridgehead atoms. The minimum Gasteiger partial charge on any atom is -0.376 e. The maximum Gasteiger partial charge on any atom is 0.247 e. The summed E-state index contributed by atoms with van der Waals surface area (Å²) in [6.45, 7) is 4.65. The second kappa shape index (κ2) is 7.93. The Balaban J connectivity index is 1.70. The van der Waals surface area contributed by atoms with E-state index >= 15 is 0 Å². The summed E-state index contributed by atoms with van der Waals surface area (Å²) in [7, 11) is 0. The van der Waals surface area contributed by atoms with Crippen LogP contribution < -0.4 is 5.32 Å². The first-order chi connectivity index (χ1) is 12.1. The molecule has 3 atom stereocenters. The molecule has 0 radical (unpaired) electrons. The van der Waals surface area contributed by atoms with E-state index in [4.69, 9.17) is 16.3 Å². The summed E-state index contributed by atoms with van der Waals surface area (Å²) in [6.07, 6.45) is 2.66. The van der Waals surface area contributed by atoms with E-state index < -0.39 is 6.04 Å². The van der Waals surface area contributed by atoms with Gasteiger partial charge < -0.3 is 10.1 Å². The standard InChI is InChI=1S/C17H22ClN5O2/c1-3-14(17(24)19-11(2)15-5-4-10-25-15)23-21-16(20-22-23)12-6-8-13(18)9-7-12/h6-9,11,14-15H,3-5,10H2,1-2H3,(H,19,24). The lowest BCUT2D eigenvalue weighted by Crippen LogP contribution is -2.44. The van der Waals surface area contributed by atoms with Crippen molar-refractivity contribution in [1.29, 1.82) is 0 Å². The van der Waals surface area contributed by atoms with E-state index in [9.17, 15) is 4.79 Å². The van der Waals surface area contributed by atoms with Crippen LogP contribution in [0.5, 0.6) is 0 Å². The molecule has 1 aliphatic heterocycles. The lowest BCUT2D eigenvalue weighted by Gasteiger charge is -2.22. The first kappa shape index (κ1) is 17.8. The van der Waals surface area contributed by atoms with Gasteiger partial charge in [0.15, 0.2) is 6.04 Å². The molecule has 1 saturated heterocycles. The molecule has 0 spiro atoms. The van der Waals surface area contributed by atoms with Crippen LogP contribution in [-0.4, -0.2) is 44.9 Å². The number of carbonyl (C=O) groups excluding carboxylic acids is 1. The molecule has 3 rings (SSSR count). The zero-order valence-electron chi connectivity index (χ0n) is 14.4. The Morgan fingerprint density at radius 1 is 1.44 bits per heavy atom. The summed E-state index contributed by atoms with van der Waals surface area (Å²) in [4.78, 5) is 14.0. The number of ether oxygens (including phenoxy) is 1. The molecule has 134 valence electrons. The molecule has 7 nitrogen and oxygen atoms in total. The first-order valence-electron chi connectivity index (χ1n) is 8.56. The van der Waals surface area contributed by atoms with Crippen molar-refractivity contribution in [2.24, 2.45) is 0 Å². The van der Waals surface area contributed by atoms with Crippen molar-refractivity contribution in [3.63, 3.8) is 0 Å². The van der Waals surface area contributed by atoms with Crippen LogP contribution in [0.4, 0.5) is 0 Å². The van der Waals surface area contributed by atoms with Crippen LogP contribution in [0.25, 0.3) is 11.4 Å². The minimum absolute atomic E-state index is 0.0386. The van der Waals surface area contributed by atoms with Gasteiger partial charge >= 0.3 is 0 Å². The Morgan fingerprint density at radius 3 is 2.84 bits per heavy atom. The van der Waals surface area contributed by atoms with E-state index in [1.54, 1.807) is 12.1 Å². The van der Waals surface area contributed by atoms with Crippen molar-refractivity contribution in [2.75, 3.05) is 6.61 Å². The van der Waals surface area contributed by atoms with Crippen molar-refractivity contribution in [2.45, 2.75) is 51.3 Å². The lowest BCUT2D eigenvalue weighted by molar-refractivity contribution is -0.126. The SMILES string of the molecule is CCC(C(=O)NC(C)C1CCCO1)n1nnc(-c2ccc(Cl)cc2)n1. The predicted octanol–water partition coefficient (Wildman–Crippen LogP) is 2.63. The number of aromatic nitrogens is 4. The van der Waals surface area contributed by atoms with Gasteiger partial charge in [-0.05, 0) is 55.7 Å². The fourth-order valence-corrected chi connectivity index (χ4v) is 3.06. The molecule has 0 saturated carbocycles. The molecular weight excluding hydrogens is 342 g/mol. The van der Waals surface area contributed by atoms with E-state index in [1.807, 2.05) is 26.0 Å². The van der Waals surface area contributed by atoms with Crippen molar-refractivity contribution >= 4 is 17.5 Å². The summed E-state index contributed by atoms with van der Waals surface area (Å²) < 4.78 is 5.63. The van der Waals surface area contributed by atoms with Crippen molar-refractivity contribution in [1.82, 2.24) is 25.5 Å². The second-order valence-corrected chi connectivity index (χ2v) is 6.65. The largest absolute Gasteiger partial charge is 0.376 e. The molecule has 1 aliphatic rings. The van der Waals surface area contributed by atoms with Gasteiger partial charge in [0.25, 0.3) is 0 Å². The number of tetrazole rings is 1. The fourth-order valence-electron chi connectivity index (χ4n) is 2.94. The molecule has 3 unspecified atom stereocenters. The summed E-state index contributed by atoms with van der Waals surface area (Å²) in [5.41, 5.74) is 0.804. The molecule has 1 aromatic heterocycles. The zero-order valence-corrected chi connectivity index (χ0v) is 15.1. The maximum atomic E-state index is 12.6. The van der Waals surface area contributed by atoms with Gasteiger partial charge in [-0.1, -0.05) is 18.5 Å². The van der Waals surface area contributed by atoms with E-state index in [1.165, 1.54) is 4.80 Å². The molecular formula is C17H22ClN5O2. The smallest absolute Gasteiger partial charge is 0.247 e. The van der Waals surface area contributed by atoms with Crippen LogP contribution in [0.1, 0.15) is 39.2 Å². The number of rotatable bonds is 6. The van der Waals surface area contributed by atoms with Gasteiger partial charge in [-0.25, -0.2) is 0 Å². The Hall–Kier alpha value is -1.99. The average Bonchev–Trinajstić information content (AvgIpc) is 3.28. The number of carbonyl (C=O) groups is 1. The van der Waals surface area contributed by atoms with Gasteiger partial charge in [0, 0.05) is 17.2 Å². The first-order valence-corrected chi connectivity index (χ1v) is 8.93. The molecule has 2 heterocycles. The van der Waals surface area contributed by atoms with Crippen LogP contribution in [0, 0.1) is 0 Å². The van der Waals surface area contributed by atoms with Crippen LogP contribution in [0.15, 0.2) is 24.3 Å². The molecule has 1 amide bonds. The van der Waals surface area contributed by atoms with Crippen molar-refractivity contribution in [3.05, 3.63) is 29.3 Å². The second-order valence-electron chi connectivity index (χ2n) is 6.21. The van der Waals surface area contributed by atoms with E-state index in [0.717, 1.165) is 25.0 Å². The molecule has 1 fully saturated rings. The quantitative estimate of drug-likeness (QED) is 0.853. The van der Waals surface area contributed by atoms with E-state index in [-0.39, 0.29) is 18.1 Å². The number of nitrogens with one attached hydrogen (secondary N) is 1. The number of hydrogen-bond acceptors (Lipinski definition) is 5. The fraction of sp³-hybridized carbons (Fsp3) is 0.529. The third kappa shape index (κ3) is 4.16. The summed E-state index contributed by atoms with van der Waals surface area (Å²) in [6, 6.07) is 6.64. The summed E-state index contributed by atoms with van der Waals surface area (Å²) in [5, 5.41) is 16.1. The maximum absolute atomic E-state index is 12.6. The van der Waals surface area contributed by atoms with E-state index in [0.29, 0.717) is 17.3 Å². The van der Waals surface area contributed by atoms with Gasteiger partial charge in [-0.3, -0.25) is 4.79 Å². The van der Waals surface area contributed by atoms with Gasteiger partial charge in [-0.2, -0.15) is 4.80 Å². The highest BCUT2D eigenvalue weighted by Gasteiger charge is 2.28. The predicted molar refractivity (Wildman–Crippen MR) is 94.2 cm³/mol. The third-order valence-electron chi connectivity index (χ3n) is 4.39. The molecule has 1 N–H and O–H groups in total. The number of halogens is 1. The minimum atomic E-state index is -0.502. The number of hydrogen-bond donors (Lipinski definition) is 1. The average molecular weight is 364 g/mol. The Labute approximate surface area is 151 Å². The molecule has 25 heavy (non-hydrogen) atoms. The number of benzene rings is 1. The highest BCUT2D eigenvalue weighted by molar-refractivity contribution is 6.30. The molecule has 2 aromatic rings. The van der Waals surface area contributed by atoms with Gasteiger partial charge in [-0.15, -0.1) is 10.2 Å². The molecule has 8 heteroatoms. The summed E-state index contributed by atoms with van der Waals surface area (Å²) in [5.74, 6) is 0.348. The van der Waals surface area contributed by atoms with Crippen LogP contribution in [-0.2, 0) is 9.53 Å². The van der Waals surface area contributed by atoms with Crippen molar-refractivity contribution < 1.29 is 9.53 Å². The summed E-state index contributed by atoms with van der Waals surface area (Å²) >= 11 is 5.90. The van der Waals surface area contributed by atoms with Gasteiger partial charge in [0.1, 0.15) is 0 Å². The van der Waals surface area contributed by atoms with Gasteiger partial charge in [0.2, 0.25) is 11.7 Å². The lowest BCUT2D eigenvalue weighted by atomic mass is 10.1. The van der Waals surface area contributed by atoms with Gasteiger partial charge in [0.05, 0.1) is 12.1 Å². The normalized spacial score (nSPS) is 19.6. The van der Waals surface area contributed by atoms with Crippen LogP contribution >= 0.6 is 11.6 Å². The highest BCUT2D eigenvalue weighted by atomic mass is 35.5. The monoisotopic (exact) mass is 363 g/mol. The number of nitrogens with zero attached hydrogens (tertiary/aromatic N) is 4. The third-order valence-corrected chi connectivity index (χ3v) is 4.64. The Bertz CT molecular complexity index is 712. The Kier molecular flexibility index (Phi) is 5.65. The number of amides is 1. The van der Waals surface area contributed by atoms with Crippen LogP contribution in [0.2, 0.25) is 5.02 Å². The Morgan fingerprint density at radius 2 is 2.20 bits per heavy atom. The highest BCUT2D eigenvalue weighted by Crippen LogP contribution is 2.19. The van der Waals surface area contributed by atoms with E-state index in [2.05, 4.69) is 20.7 Å². The van der Waals surface area contributed by atoms with Crippen molar-refractivity contribution in [3.8, 4) is 11.4 Å². The molecule has 0 aliphatic carbocycles.